The van der Waals surface area contributed by atoms with Gasteiger partial charge in [0.15, 0.2) is 0 Å². The van der Waals surface area contributed by atoms with Gasteiger partial charge >= 0.3 is 12.1 Å². The number of carbonyl (C=O) groups excluding carboxylic acids is 1. The van der Waals surface area contributed by atoms with Gasteiger partial charge in [0.25, 0.3) is 0 Å². The van der Waals surface area contributed by atoms with E-state index in [1.165, 1.54) is 0 Å². The Balaban J connectivity index is 2.22. The molecule has 1 aliphatic rings. The van der Waals surface area contributed by atoms with Crippen LogP contribution in [0.4, 0.5) is 4.79 Å². The van der Waals surface area contributed by atoms with Crippen molar-refractivity contribution in [3.63, 3.8) is 0 Å². The number of ether oxygens (including phenoxy) is 1. The van der Waals surface area contributed by atoms with Gasteiger partial charge in [-0.2, -0.15) is 0 Å². The summed E-state index contributed by atoms with van der Waals surface area (Å²) in [5.41, 5.74) is 6.78. The lowest BCUT2D eigenvalue weighted by Crippen LogP contribution is -2.56. The molecule has 0 aliphatic carbocycles. The van der Waals surface area contributed by atoms with Crippen molar-refractivity contribution in [2.24, 2.45) is 5.73 Å². The first-order valence-electron chi connectivity index (χ1n) is 8.17. The van der Waals surface area contributed by atoms with E-state index in [4.69, 9.17) is 15.6 Å². The Morgan fingerprint density at radius 1 is 1.33 bits per heavy atom. The number of benzene rings is 1. The Morgan fingerprint density at radius 3 is 2.58 bits per heavy atom. The number of nitrogens with zero attached hydrogens (tertiary/aromatic N) is 1. The van der Waals surface area contributed by atoms with Crippen molar-refractivity contribution >= 4 is 12.1 Å². The average molecular weight is 334 g/mol. The van der Waals surface area contributed by atoms with Gasteiger partial charge in [-0.1, -0.05) is 12.1 Å². The number of carbonyl (C=O) groups is 2. The molecule has 1 saturated heterocycles. The number of hydrogen-bond acceptors (Lipinski definition) is 4. The molecule has 6 nitrogen and oxygen atoms in total. The Morgan fingerprint density at radius 2 is 2.00 bits per heavy atom. The standard InChI is InChI=1S/C18H26N2O4/c1-11-15(19)9-14(10-20(11)17(23)24-18(2,3)4)12-6-5-7-13(8-12)16(21)22/h5-8,11,14-15H,9-10,19H2,1-4H3,(H,21,22). The number of hydrogen-bond donors (Lipinski definition) is 2. The van der Waals surface area contributed by atoms with Gasteiger partial charge in [0.1, 0.15) is 5.60 Å². The fourth-order valence-corrected chi connectivity index (χ4v) is 2.96. The number of carboxylic acids is 1. The van der Waals surface area contributed by atoms with Crippen LogP contribution in [0.1, 0.15) is 56.0 Å². The van der Waals surface area contributed by atoms with E-state index in [9.17, 15) is 9.59 Å². The number of carboxylic acid groups (broad SMARTS) is 1. The van der Waals surface area contributed by atoms with Crippen LogP contribution >= 0.6 is 0 Å². The molecule has 1 aromatic rings. The predicted molar refractivity (Wildman–Crippen MR) is 91.1 cm³/mol. The van der Waals surface area contributed by atoms with Crippen LogP contribution in [0.3, 0.4) is 0 Å². The molecule has 132 valence electrons. The highest BCUT2D eigenvalue weighted by atomic mass is 16.6. The zero-order chi connectivity index (χ0) is 18.1. The van der Waals surface area contributed by atoms with Crippen molar-refractivity contribution < 1.29 is 19.4 Å². The molecule has 3 N–H and O–H groups in total. The molecule has 0 radical (unpaired) electrons. The molecule has 6 heteroatoms. The average Bonchev–Trinajstić information content (AvgIpc) is 2.48. The highest BCUT2D eigenvalue weighted by Crippen LogP contribution is 2.31. The van der Waals surface area contributed by atoms with Gasteiger partial charge in [0.05, 0.1) is 5.56 Å². The minimum atomic E-state index is -0.964. The van der Waals surface area contributed by atoms with E-state index in [1.807, 2.05) is 33.8 Å². The van der Waals surface area contributed by atoms with Crippen molar-refractivity contribution in [2.45, 2.75) is 57.7 Å². The third kappa shape index (κ3) is 4.26. The van der Waals surface area contributed by atoms with Crippen LogP contribution < -0.4 is 5.73 Å². The van der Waals surface area contributed by atoms with Crippen molar-refractivity contribution in [1.29, 1.82) is 0 Å². The summed E-state index contributed by atoms with van der Waals surface area (Å²) in [7, 11) is 0. The van der Waals surface area contributed by atoms with Gasteiger partial charge in [-0.3, -0.25) is 0 Å². The van der Waals surface area contributed by atoms with Gasteiger partial charge in [0, 0.05) is 24.5 Å². The fourth-order valence-electron chi connectivity index (χ4n) is 2.96. The van der Waals surface area contributed by atoms with Gasteiger partial charge in [-0.25, -0.2) is 9.59 Å². The van der Waals surface area contributed by atoms with Crippen LogP contribution in [0.15, 0.2) is 24.3 Å². The van der Waals surface area contributed by atoms with Crippen LogP contribution in [0.25, 0.3) is 0 Å². The fraction of sp³-hybridized carbons (Fsp3) is 0.556. The second kappa shape index (κ2) is 6.81. The summed E-state index contributed by atoms with van der Waals surface area (Å²) in [6.45, 7) is 7.86. The second-order valence-electron chi connectivity index (χ2n) is 7.40. The summed E-state index contributed by atoms with van der Waals surface area (Å²) in [6.07, 6.45) is 0.313. The van der Waals surface area contributed by atoms with E-state index in [1.54, 1.807) is 23.1 Å². The first-order chi connectivity index (χ1) is 11.1. The maximum Gasteiger partial charge on any atom is 0.410 e. The number of aromatic carboxylic acids is 1. The lowest BCUT2D eigenvalue weighted by Gasteiger charge is -2.42. The number of amides is 1. The molecule has 0 aromatic heterocycles. The van der Waals surface area contributed by atoms with E-state index in [0.717, 1.165) is 5.56 Å². The molecule has 1 aromatic carbocycles. The molecule has 0 saturated carbocycles. The molecule has 0 spiro atoms. The molecular weight excluding hydrogens is 308 g/mol. The van der Waals surface area contributed by atoms with Crippen molar-refractivity contribution in [2.75, 3.05) is 6.54 Å². The number of nitrogens with two attached hydrogens (primary N) is 1. The maximum atomic E-state index is 12.5. The van der Waals surface area contributed by atoms with Crippen molar-refractivity contribution in [3.05, 3.63) is 35.4 Å². The molecule has 3 atom stereocenters. The maximum absolute atomic E-state index is 12.5. The Labute approximate surface area is 142 Å². The van der Waals surface area contributed by atoms with Crippen molar-refractivity contribution in [1.82, 2.24) is 4.90 Å². The Kier molecular flexibility index (Phi) is 5.18. The summed E-state index contributed by atoms with van der Waals surface area (Å²) in [5.74, 6) is -0.975. The smallest absolute Gasteiger partial charge is 0.410 e. The van der Waals surface area contributed by atoms with E-state index in [-0.39, 0.29) is 29.7 Å². The van der Waals surface area contributed by atoms with Gasteiger partial charge in [-0.15, -0.1) is 0 Å². The molecule has 2 rings (SSSR count). The van der Waals surface area contributed by atoms with Crippen LogP contribution in [0, 0.1) is 0 Å². The molecule has 1 heterocycles. The molecule has 1 fully saturated rings. The second-order valence-corrected chi connectivity index (χ2v) is 7.40. The molecule has 3 unspecified atom stereocenters. The predicted octanol–water partition coefficient (Wildman–Crippen LogP) is 2.83. The van der Waals surface area contributed by atoms with Gasteiger partial charge in [0.2, 0.25) is 0 Å². The van der Waals surface area contributed by atoms with Gasteiger partial charge in [-0.05, 0) is 51.8 Å². The third-order valence-corrected chi connectivity index (χ3v) is 4.32. The van der Waals surface area contributed by atoms with Crippen LogP contribution in [0.5, 0.6) is 0 Å². The van der Waals surface area contributed by atoms with E-state index in [2.05, 4.69) is 0 Å². The monoisotopic (exact) mass is 334 g/mol. The molecule has 24 heavy (non-hydrogen) atoms. The Bertz CT molecular complexity index is 624. The van der Waals surface area contributed by atoms with E-state index >= 15 is 0 Å². The summed E-state index contributed by atoms with van der Waals surface area (Å²) in [5, 5.41) is 9.16. The number of likely N-dealkylation sites (tertiary alicyclic amines) is 1. The lowest BCUT2D eigenvalue weighted by molar-refractivity contribution is 0.00662. The highest BCUT2D eigenvalue weighted by molar-refractivity contribution is 5.87. The largest absolute Gasteiger partial charge is 0.478 e. The normalized spacial score (nSPS) is 24.5. The zero-order valence-electron chi connectivity index (χ0n) is 14.7. The molecule has 0 bridgehead atoms. The SMILES string of the molecule is CC1C(N)CC(c2cccc(C(=O)O)c2)CN1C(=O)OC(C)(C)C. The number of rotatable bonds is 2. The minimum Gasteiger partial charge on any atom is -0.478 e. The Hall–Kier alpha value is -2.08. The first kappa shape index (κ1) is 18.3. The van der Waals surface area contributed by atoms with Crippen LogP contribution in [-0.2, 0) is 4.74 Å². The first-order valence-corrected chi connectivity index (χ1v) is 8.17. The van der Waals surface area contributed by atoms with E-state index < -0.39 is 11.6 Å². The van der Waals surface area contributed by atoms with Crippen LogP contribution in [-0.4, -0.2) is 46.3 Å². The highest BCUT2D eigenvalue weighted by Gasteiger charge is 2.37. The summed E-state index contributed by atoms with van der Waals surface area (Å²) >= 11 is 0. The number of piperidine rings is 1. The van der Waals surface area contributed by atoms with Crippen LogP contribution in [0.2, 0.25) is 0 Å². The van der Waals surface area contributed by atoms with Crippen molar-refractivity contribution in [3.8, 4) is 0 Å². The summed E-state index contributed by atoms with van der Waals surface area (Å²) < 4.78 is 5.48. The molecular formula is C18H26N2O4. The third-order valence-electron chi connectivity index (χ3n) is 4.32. The zero-order valence-corrected chi connectivity index (χ0v) is 14.7. The quantitative estimate of drug-likeness (QED) is 0.867. The van der Waals surface area contributed by atoms with E-state index in [0.29, 0.717) is 13.0 Å². The molecule has 1 aliphatic heterocycles. The molecule has 1 amide bonds. The van der Waals surface area contributed by atoms with Gasteiger partial charge < -0.3 is 20.5 Å². The lowest BCUT2D eigenvalue weighted by atomic mass is 9.84. The summed E-state index contributed by atoms with van der Waals surface area (Å²) in [4.78, 5) is 25.3. The minimum absolute atomic E-state index is 0.0111. The topological polar surface area (TPSA) is 92.9 Å². The summed E-state index contributed by atoms with van der Waals surface area (Å²) in [6, 6.07) is 6.50.